The van der Waals surface area contributed by atoms with Crippen molar-refractivity contribution in [2.24, 2.45) is 13.0 Å². The minimum atomic E-state index is -3.49. The smallest absolute Gasteiger partial charge is 0.211 e. The van der Waals surface area contributed by atoms with E-state index in [0.717, 1.165) is 68.0 Å². The third-order valence-electron chi connectivity index (χ3n) is 7.61. The normalized spacial score (nSPS) is 24.6. The van der Waals surface area contributed by atoms with E-state index in [1.54, 1.807) is 7.11 Å². The van der Waals surface area contributed by atoms with Crippen LogP contribution in [0.5, 0.6) is 5.75 Å². The summed E-state index contributed by atoms with van der Waals surface area (Å²) in [6.45, 7) is 4.50. The molecule has 0 aliphatic carbocycles. The molecule has 32 heavy (non-hydrogen) atoms. The second-order valence-corrected chi connectivity index (χ2v) is 11.6. The number of benzene rings is 1. The van der Waals surface area contributed by atoms with Crippen LogP contribution in [-0.4, -0.2) is 86.7 Å². The van der Waals surface area contributed by atoms with E-state index in [1.807, 2.05) is 23.7 Å². The second-order valence-electron chi connectivity index (χ2n) is 9.71. The van der Waals surface area contributed by atoms with E-state index in [4.69, 9.17) is 9.47 Å². The van der Waals surface area contributed by atoms with E-state index in [1.165, 1.54) is 16.1 Å². The summed E-state index contributed by atoms with van der Waals surface area (Å²) in [5.41, 5.74) is 2.83. The molecule has 3 aliphatic rings. The SMILES string of the molecule is COc1ccc2c3c(n(C)c2c1)[C@@H](CO)N(S(C)(=O)=O)CC31CN(CC2CCOCC2)C1. The van der Waals surface area contributed by atoms with Crippen LogP contribution in [0.1, 0.15) is 30.1 Å². The van der Waals surface area contributed by atoms with Gasteiger partial charge in [0.15, 0.2) is 0 Å². The lowest BCUT2D eigenvalue weighted by atomic mass is 9.69. The van der Waals surface area contributed by atoms with Gasteiger partial charge < -0.3 is 24.0 Å². The van der Waals surface area contributed by atoms with Crippen molar-refractivity contribution in [1.29, 1.82) is 0 Å². The number of hydrogen-bond donors (Lipinski definition) is 1. The third kappa shape index (κ3) is 3.45. The molecule has 1 atom stereocenters. The molecule has 5 rings (SSSR count). The lowest BCUT2D eigenvalue weighted by Crippen LogP contribution is -2.67. The zero-order chi connectivity index (χ0) is 22.7. The molecule has 3 aliphatic heterocycles. The van der Waals surface area contributed by atoms with E-state index in [9.17, 15) is 13.5 Å². The van der Waals surface area contributed by atoms with Crippen LogP contribution < -0.4 is 4.74 Å². The average molecular weight is 464 g/mol. The minimum absolute atomic E-state index is 0.247. The van der Waals surface area contributed by atoms with E-state index in [-0.39, 0.29) is 12.0 Å². The number of rotatable bonds is 5. The van der Waals surface area contributed by atoms with Gasteiger partial charge in [-0.15, -0.1) is 0 Å². The number of sulfonamides is 1. The van der Waals surface area contributed by atoms with Gasteiger partial charge in [-0.25, -0.2) is 8.42 Å². The number of aryl methyl sites for hydroxylation is 1. The Bertz CT molecular complexity index is 1120. The van der Waals surface area contributed by atoms with Gasteiger partial charge in [0.1, 0.15) is 5.75 Å². The van der Waals surface area contributed by atoms with Crippen LogP contribution in [0.2, 0.25) is 0 Å². The Morgan fingerprint density at radius 1 is 1.22 bits per heavy atom. The van der Waals surface area contributed by atoms with E-state index in [2.05, 4.69) is 11.0 Å². The number of ether oxygens (including phenoxy) is 2. The van der Waals surface area contributed by atoms with Gasteiger partial charge in [0.05, 0.1) is 31.5 Å². The van der Waals surface area contributed by atoms with Gasteiger partial charge in [0, 0.05) is 69.0 Å². The van der Waals surface area contributed by atoms with Crippen molar-refractivity contribution in [3.8, 4) is 5.75 Å². The Morgan fingerprint density at radius 3 is 2.56 bits per heavy atom. The molecule has 8 nitrogen and oxygen atoms in total. The molecule has 2 aromatic rings. The van der Waals surface area contributed by atoms with Crippen LogP contribution in [0.4, 0.5) is 0 Å². The fraction of sp³-hybridized carbons (Fsp3) is 0.652. The van der Waals surface area contributed by atoms with Crippen molar-refractivity contribution in [2.45, 2.75) is 24.3 Å². The Balaban J connectivity index is 1.58. The number of nitrogens with zero attached hydrogens (tertiary/aromatic N) is 3. The number of hydrogen-bond acceptors (Lipinski definition) is 6. The summed E-state index contributed by atoms with van der Waals surface area (Å²) in [4.78, 5) is 2.46. The molecule has 176 valence electrons. The average Bonchev–Trinajstić information content (AvgIpc) is 3.05. The Labute approximate surface area is 189 Å². The molecule has 0 saturated carbocycles. The monoisotopic (exact) mass is 463 g/mol. The molecule has 2 saturated heterocycles. The minimum Gasteiger partial charge on any atom is -0.497 e. The molecule has 0 amide bonds. The summed E-state index contributed by atoms with van der Waals surface area (Å²) >= 11 is 0. The molecule has 1 aromatic carbocycles. The number of aliphatic hydroxyl groups excluding tert-OH is 1. The summed E-state index contributed by atoms with van der Waals surface area (Å²) < 4.78 is 40.1. The molecule has 9 heteroatoms. The number of methoxy groups -OCH3 is 1. The largest absolute Gasteiger partial charge is 0.497 e. The quantitative estimate of drug-likeness (QED) is 0.723. The summed E-state index contributed by atoms with van der Waals surface area (Å²) in [5, 5.41) is 11.4. The highest BCUT2D eigenvalue weighted by atomic mass is 32.2. The highest BCUT2D eigenvalue weighted by Gasteiger charge is 2.55. The second kappa shape index (κ2) is 7.99. The number of fused-ring (bicyclic) bond motifs is 4. The van der Waals surface area contributed by atoms with Gasteiger partial charge in [-0.1, -0.05) is 0 Å². The Morgan fingerprint density at radius 2 is 1.94 bits per heavy atom. The molecule has 1 spiro atoms. The van der Waals surface area contributed by atoms with Crippen LogP contribution >= 0.6 is 0 Å². The molecule has 1 aromatic heterocycles. The first-order valence-corrected chi connectivity index (χ1v) is 13.2. The van der Waals surface area contributed by atoms with Crippen LogP contribution in [0.15, 0.2) is 18.2 Å². The topological polar surface area (TPSA) is 84.2 Å². The zero-order valence-electron chi connectivity index (χ0n) is 19.1. The fourth-order valence-electron chi connectivity index (χ4n) is 6.15. The maximum Gasteiger partial charge on any atom is 0.211 e. The van der Waals surface area contributed by atoms with Crippen molar-refractivity contribution in [3.05, 3.63) is 29.5 Å². The van der Waals surface area contributed by atoms with Gasteiger partial charge in [-0.3, -0.25) is 0 Å². The zero-order valence-corrected chi connectivity index (χ0v) is 19.9. The van der Waals surface area contributed by atoms with Crippen molar-refractivity contribution >= 4 is 20.9 Å². The Kier molecular flexibility index (Phi) is 5.53. The summed E-state index contributed by atoms with van der Waals surface area (Å²) in [6, 6.07) is 5.46. The van der Waals surface area contributed by atoms with E-state index < -0.39 is 16.1 Å². The third-order valence-corrected chi connectivity index (χ3v) is 8.85. The van der Waals surface area contributed by atoms with Crippen molar-refractivity contribution < 1.29 is 23.0 Å². The summed E-state index contributed by atoms with van der Waals surface area (Å²) in [7, 11) is 0.117. The molecule has 0 radical (unpaired) electrons. The lowest BCUT2D eigenvalue weighted by molar-refractivity contribution is -0.00595. The maximum atomic E-state index is 12.8. The van der Waals surface area contributed by atoms with Gasteiger partial charge in [-0.05, 0) is 36.5 Å². The van der Waals surface area contributed by atoms with Crippen LogP contribution in [0, 0.1) is 5.92 Å². The van der Waals surface area contributed by atoms with Gasteiger partial charge in [-0.2, -0.15) is 4.31 Å². The number of likely N-dealkylation sites (tertiary alicyclic amines) is 1. The first kappa shape index (κ1) is 22.2. The van der Waals surface area contributed by atoms with Crippen LogP contribution in [0.25, 0.3) is 10.9 Å². The van der Waals surface area contributed by atoms with E-state index >= 15 is 0 Å². The highest BCUT2D eigenvalue weighted by Crippen LogP contribution is 2.50. The van der Waals surface area contributed by atoms with Gasteiger partial charge in [0.25, 0.3) is 0 Å². The predicted molar refractivity (Wildman–Crippen MR) is 123 cm³/mol. The first-order valence-electron chi connectivity index (χ1n) is 11.3. The van der Waals surface area contributed by atoms with Crippen molar-refractivity contribution in [1.82, 2.24) is 13.8 Å². The Hall–Kier alpha value is -1.65. The molecule has 2 fully saturated rings. The maximum absolute atomic E-state index is 12.8. The molecule has 0 unspecified atom stereocenters. The predicted octanol–water partition coefficient (Wildman–Crippen LogP) is 1.48. The lowest BCUT2D eigenvalue weighted by Gasteiger charge is -2.56. The molecule has 1 N–H and O–H groups in total. The van der Waals surface area contributed by atoms with Crippen molar-refractivity contribution in [2.75, 3.05) is 59.4 Å². The number of aliphatic hydroxyl groups is 1. The summed E-state index contributed by atoms with van der Waals surface area (Å²) in [6.07, 6.45) is 3.42. The standard InChI is InChI=1S/C23H33N3O5S/c1-24-19-10-17(30-2)4-5-18(19)21-22(24)20(12-27)26(32(3,28)29)15-23(21)13-25(14-23)11-16-6-8-31-9-7-16/h4-5,10,16,20,27H,6-9,11-15H2,1-3H3/t20-/m1/s1. The van der Waals surface area contributed by atoms with Crippen molar-refractivity contribution in [3.63, 3.8) is 0 Å². The number of aromatic nitrogens is 1. The van der Waals surface area contributed by atoms with E-state index in [0.29, 0.717) is 12.5 Å². The van der Waals surface area contributed by atoms with Crippen LogP contribution in [0.3, 0.4) is 0 Å². The molecule has 0 bridgehead atoms. The van der Waals surface area contributed by atoms with Crippen LogP contribution in [-0.2, 0) is 27.2 Å². The highest BCUT2D eigenvalue weighted by molar-refractivity contribution is 7.88. The van der Waals surface area contributed by atoms with Gasteiger partial charge >= 0.3 is 0 Å². The fourth-order valence-corrected chi connectivity index (χ4v) is 7.26. The molecular weight excluding hydrogens is 430 g/mol. The molecular formula is C23H33N3O5S. The molecule has 4 heterocycles. The van der Waals surface area contributed by atoms with Gasteiger partial charge in [0.2, 0.25) is 10.0 Å². The summed E-state index contributed by atoms with van der Waals surface area (Å²) in [5.74, 6) is 1.40. The first-order chi connectivity index (χ1) is 15.3.